The number of rotatable bonds is 5. The highest BCUT2D eigenvalue weighted by molar-refractivity contribution is 5.96. The lowest BCUT2D eigenvalue weighted by Crippen LogP contribution is -2.35. The minimum Gasteiger partial charge on any atom is -0.350 e. The van der Waals surface area contributed by atoms with Gasteiger partial charge in [-0.3, -0.25) is 9.59 Å². The molecule has 0 saturated heterocycles. The second-order valence-electron chi connectivity index (χ2n) is 5.07. The Kier molecular flexibility index (Phi) is 5.74. The molecule has 0 saturated carbocycles. The maximum absolute atomic E-state index is 13.0. The van der Waals surface area contributed by atoms with Crippen LogP contribution in [0.25, 0.3) is 0 Å². The number of carbonyl (C=O) groups is 2. The van der Waals surface area contributed by atoms with Gasteiger partial charge in [0, 0.05) is 18.7 Å². The maximum Gasteiger partial charge on any atom is 0.417 e. The minimum atomic E-state index is -4.64. The summed E-state index contributed by atoms with van der Waals surface area (Å²) in [6, 6.07) is 9.44. The molecule has 0 spiro atoms. The first-order valence-electron chi connectivity index (χ1n) is 7.27. The average molecular weight is 354 g/mol. The van der Waals surface area contributed by atoms with Crippen molar-refractivity contribution >= 4 is 11.8 Å². The summed E-state index contributed by atoms with van der Waals surface area (Å²) in [5.41, 5.74) is -1.42. The van der Waals surface area contributed by atoms with E-state index in [-0.39, 0.29) is 18.7 Å². The predicted molar refractivity (Wildman–Crippen MR) is 82.5 cm³/mol. The molecular weight excluding hydrogens is 340 g/mol. The predicted octanol–water partition coefficient (Wildman–Crippen LogP) is 3.00. The summed E-state index contributed by atoms with van der Waals surface area (Å²) in [5, 5.41) is 4.74. The Bertz CT molecular complexity index is 775. The SMILES string of the molecule is O=C(NCCNC(=O)c1ccccc1C(F)(F)F)c1cccc(F)c1. The molecule has 8 heteroatoms. The van der Waals surface area contributed by atoms with Crippen LogP contribution in [0.2, 0.25) is 0 Å². The van der Waals surface area contributed by atoms with Crippen molar-refractivity contribution in [2.75, 3.05) is 13.1 Å². The Hall–Kier alpha value is -2.90. The van der Waals surface area contributed by atoms with Gasteiger partial charge in [-0.1, -0.05) is 18.2 Å². The van der Waals surface area contributed by atoms with Crippen LogP contribution >= 0.6 is 0 Å². The highest BCUT2D eigenvalue weighted by Crippen LogP contribution is 2.31. The fraction of sp³-hybridized carbons (Fsp3) is 0.176. The van der Waals surface area contributed by atoms with E-state index in [2.05, 4.69) is 10.6 Å². The normalized spacial score (nSPS) is 11.0. The van der Waals surface area contributed by atoms with Gasteiger partial charge in [0.25, 0.3) is 11.8 Å². The number of hydrogen-bond donors (Lipinski definition) is 2. The summed E-state index contributed by atoms with van der Waals surface area (Å²) in [6.45, 7) is -0.0959. The molecule has 25 heavy (non-hydrogen) atoms. The van der Waals surface area contributed by atoms with Gasteiger partial charge in [-0.25, -0.2) is 4.39 Å². The van der Waals surface area contributed by atoms with Crippen molar-refractivity contribution in [3.05, 3.63) is 71.0 Å². The van der Waals surface area contributed by atoms with Crippen molar-refractivity contribution < 1.29 is 27.2 Å². The van der Waals surface area contributed by atoms with Gasteiger partial charge in [0.05, 0.1) is 11.1 Å². The summed E-state index contributed by atoms with van der Waals surface area (Å²) >= 11 is 0. The van der Waals surface area contributed by atoms with Crippen molar-refractivity contribution in [1.29, 1.82) is 0 Å². The summed E-state index contributed by atoms with van der Waals surface area (Å²) in [6.07, 6.45) is -4.64. The fourth-order valence-electron chi connectivity index (χ4n) is 2.11. The lowest BCUT2D eigenvalue weighted by atomic mass is 10.1. The van der Waals surface area contributed by atoms with Crippen LogP contribution in [0.1, 0.15) is 26.3 Å². The van der Waals surface area contributed by atoms with Gasteiger partial charge in [0.1, 0.15) is 5.82 Å². The Morgan fingerprint density at radius 1 is 0.880 bits per heavy atom. The van der Waals surface area contributed by atoms with E-state index >= 15 is 0 Å². The van der Waals surface area contributed by atoms with E-state index in [1.54, 1.807) is 0 Å². The van der Waals surface area contributed by atoms with Crippen molar-refractivity contribution in [3.63, 3.8) is 0 Å². The Morgan fingerprint density at radius 3 is 2.16 bits per heavy atom. The molecular formula is C17H14F4N2O2. The molecule has 0 unspecified atom stereocenters. The Labute approximate surface area is 140 Å². The van der Waals surface area contributed by atoms with Gasteiger partial charge in [0.15, 0.2) is 0 Å². The molecule has 2 rings (SSSR count). The first kappa shape index (κ1) is 18.4. The molecule has 2 aromatic carbocycles. The number of benzene rings is 2. The molecule has 0 aliphatic heterocycles. The average Bonchev–Trinajstić information content (AvgIpc) is 2.57. The highest BCUT2D eigenvalue weighted by Gasteiger charge is 2.34. The van der Waals surface area contributed by atoms with E-state index in [1.165, 1.54) is 30.3 Å². The molecule has 2 N–H and O–H groups in total. The topological polar surface area (TPSA) is 58.2 Å². The number of nitrogens with one attached hydrogen (secondary N) is 2. The van der Waals surface area contributed by atoms with Crippen molar-refractivity contribution in [2.45, 2.75) is 6.18 Å². The number of carbonyl (C=O) groups excluding carboxylic acids is 2. The zero-order valence-electron chi connectivity index (χ0n) is 12.9. The Balaban J connectivity index is 1.88. The number of amides is 2. The van der Waals surface area contributed by atoms with Crippen molar-refractivity contribution in [1.82, 2.24) is 10.6 Å². The standard InChI is InChI=1S/C17H14F4N2O2/c18-12-5-3-4-11(10-12)15(24)22-8-9-23-16(25)13-6-1-2-7-14(13)17(19,20)21/h1-7,10H,8-9H2,(H,22,24)(H,23,25). The molecule has 0 fully saturated rings. The maximum atomic E-state index is 13.0. The van der Waals surface area contributed by atoms with Crippen LogP contribution in [0, 0.1) is 5.82 Å². The van der Waals surface area contributed by atoms with E-state index in [0.717, 1.165) is 18.2 Å². The largest absolute Gasteiger partial charge is 0.417 e. The summed E-state index contributed by atoms with van der Waals surface area (Å²) in [5.74, 6) is -2.01. The first-order valence-corrected chi connectivity index (χ1v) is 7.27. The van der Waals surface area contributed by atoms with E-state index in [0.29, 0.717) is 0 Å². The molecule has 0 aliphatic carbocycles. The molecule has 0 radical (unpaired) electrons. The second kappa shape index (κ2) is 7.78. The van der Waals surface area contributed by atoms with Gasteiger partial charge in [-0.15, -0.1) is 0 Å². The lowest BCUT2D eigenvalue weighted by Gasteiger charge is -2.12. The van der Waals surface area contributed by atoms with E-state index in [1.807, 2.05) is 0 Å². The molecule has 4 nitrogen and oxygen atoms in total. The van der Waals surface area contributed by atoms with E-state index in [9.17, 15) is 27.2 Å². The third-order valence-electron chi connectivity index (χ3n) is 3.26. The smallest absolute Gasteiger partial charge is 0.350 e. The number of halogens is 4. The van der Waals surface area contributed by atoms with E-state index < -0.39 is 34.9 Å². The van der Waals surface area contributed by atoms with Gasteiger partial charge in [0.2, 0.25) is 0 Å². The quantitative estimate of drug-likeness (QED) is 0.641. The third kappa shape index (κ3) is 5.03. The van der Waals surface area contributed by atoms with Crippen LogP contribution in [-0.4, -0.2) is 24.9 Å². The van der Waals surface area contributed by atoms with Gasteiger partial charge in [-0.05, 0) is 30.3 Å². The zero-order chi connectivity index (χ0) is 18.4. The summed E-state index contributed by atoms with van der Waals surface area (Å²) in [7, 11) is 0. The van der Waals surface area contributed by atoms with Crippen LogP contribution in [-0.2, 0) is 6.18 Å². The Morgan fingerprint density at radius 2 is 1.52 bits per heavy atom. The zero-order valence-corrected chi connectivity index (χ0v) is 12.9. The van der Waals surface area contributed by atoms with Gasteiger partial charge < -0.3 is 10.6 Å². The first-order chi connectivity index (χ1) is 11.8. The van der Waals surface area contributed by atoms with Crippen LogP contribution in [0.15, 0.2) is 48.5 Å². The molecule has 0 bridgehead atoms. The molecule has 0 heterocycles. The van der Waals surface area contributed by atoms with Crippen molar-refractivity contribution in [3.8, 4) is 0 Å². The van der Waals surface area contributed by atoms with Gasteiger partial charge in [-0.2, -0.15) is 13.2 Å². The minimum absolute atomic E-state index is 0.0186. The van der Waals surface area contributed by atoms with Crippen molar-refractivity contribution in [2.24, 2.45) is 0 Å². The monoisotopic (exact) mass is 354 g/mol. The van der Waals surface area contributed by atoms with Gasteiger partial charge >= 0.3 is 6.18 Å². The van der Waals surface area contributed by atoms with E-state index in [4.69, 9.17) is 0 Å². The van der Waals surface area contributed by atoms with Crippen LogP contribution in [0.4, 0.5) is 17.6 Å². The second-order valence-corrected chi connectivity index (χ2v) is 5.07. The molecule has 0 atom stereocenters. The number of hydrogen-bond acceptors (Lipinski definition) is 2. The lowest BCUT2D eigenvalue weighted by molar-refractivity contribution is -0.137. The molecule has 2 aromatic rings. The third-order valence-corrected chi connectivity index (χ3v) is 3.26. The summed E-state index contributed by atoms with van der Waals surface area (Å²) in [4.78, 5) is 23.7. The highest BCUT2D eigenvalue weighted by atomic mass is 19.4. The van der Waals surface area contributed by atoms with Crippen LogP contribution in [0.3, 0.4) is 0 Å². The fourth-order valence-corrected chi connectivity index (χ4v) is 2.11. The summed E-state index contributed by atoms with van der Waals surface area (Å²) < 4.78 is 51.6. The number of alkyl halides is 3. The molecule has 0 aliphatic rings. The molecule has 0 aromatic heterocycles. The van der Waals surface area contributed by atoms with Crippen LogP contribution < -0.4 is 10.6 Å². The molecule has 132 valence electrons. The van der Waals surface area contributed by atoms with Crippen LogP contribution in [0.5, 0.6) is 0 Å². The molecule has 2 amide bonds.